The molecule has 0 bridgehead atoms. The molecule has 1 amide bonds. The van der Waals surface area contributed by atoms with Crippen LogP contribution >= 0.6 is 0 Å². The van der Waals surface area contributed by atoms with Crippen LogP contribution in [-0.4, -0.2) is 22.6 Å². The molecular weight excluding hydrogens is 254 g/mol. The van der Waals surface area contributed by atoms with Crippen LogP contribution in [0, 0.1) is 6.92 Å². The number of carbonyl (C=O) groups excluding carboxylic acids is 1. The molecule has 20 heavy (non-hydrogen) atoms. The van der Waals surface area contributed by atoms with Gasteiger partial charge in [0.2, 0.25) is 11.8 Å². The van der Waals surface area contributed by atoms with Crippen molar-refractivity contribution in [2.24, 2.45) is 0 Å². The Kier molecular flexibility index (Phi) is 4.87. The van der Waals surface area contributed by atoms with Crippen LogP contribution in [-0.2, 0) is 0 Å². The van der Waals surface area contributed by atoms with Crippen LogP contribution in [0.15, 0.2) is 28.7 Å². The first-order valence-corrected chi connectivity index (χ1v) is 6.89. The van der Waals surface area contributed by atoms with Crippen LogP contribution in [0.2, 0.25) is 0 Å². The van der Waals surface area contributed by atoms with E-state index in [1.807, 2.05) is 12.1 Å². The first-order valence-electron chi connectivity index (χ1n) is 6.89. The lowest BCUT2D eigenvalue weighted by Gasteiger charge is -2.05. The van der Waals surface area contributed by atoms with E-state index in [-0.39, 0.29) is 5.91 Å². The summed E-state index contributed by atoms with van der Waals surface area (Å²) in [5.41, 5.74) is 1.45. The first kappa shape index (κ1) is 14.2. The molecule has 2 rings (SSSR count). The van der Waals surface area contributed by atoms with Gasteiger partial charge in [-0.2, -0.15) is 0 Å². The number of nitrogens with one attached hydrogen (secondary N) is 1. The quantitative estimate of drug-likeness (QED) is 0.822. The zero-order chi connectivity index (χ0) is 14.4. The van der Waals surface area contributed by atoms with Crippen molar-refractivity contribution in [1.82, 2.24) is 15.5 Å². The van der Waals surface area contributed by atoms with Crippen LogP contribution in [0.1, 0.15) is 42.4 Å². The predicted octanol–water partition coefficient (Wildman–Crippen LogP) is 2.97. The van der Waals surface area contributed by atoms with E-state index < -0.39 is 0 Å². The van der Waals surface area contributed by atoms with Gasteiger partial charge in [-0.15, -0.1) is 10.2 Å². The summed E-state index contributed by atoms with van der Waals surface area (Å²) in [6.07, 6.45) is 3.30. The summed E-state index contributed by atoms with van der Waals surface area (Å²) in [6, 6.07) is 7.16. The highest BCUT2D eigenvalue weighted by Crippen LogP contribution is 2.18. The predicted molar refractivity (Wildman–Crippen MR) is 76.3 cm³/mol. The molecule has 0 saturated carbocycles. The smallest absolute Gasteiger partial charge is 0.251 e. The SMILES string of the molecule is CCCCCNC(=O)c1ccc(-c2nnc(C)o2)cc1. The molecule has 0 aliphatic heterocycles. The molecule has 5 heteroatoms. The first-order chi connectivity index (χ1) is 9.70. The van der Waals surface area contributed by atoms with E-state index in [0.29, 0.717) is 17.3 Å². The third kappa shape index (κ3) is 3.66. The molecule has 0 aliphatic carbocycles. The number of carbonyl (C=O) groups is 1. The minimum Gasteiger partial charge on any atom is -0.421 e. The standard InChI is InChI=1S/C15H19N3O2/c1-3-4-5-10-16-14(19)12-6-8-13(9-7-12)15-18-17-11(2)20-15/h6-9H,3-5,10H2,1-2H3,(H,16,19). The summed E-state index contributed by atoms with van der Waals surface area (Å²) in [5.74, 6) is 0.949. The second-order valence-corrected chi connectivity index (χ2v) is 4.67. The zero-order valence-corrected chi connectivity index (χ0v) is 11.8. The molecule has 0 fully saturated rings. The highest BCUT2D eigenvalue weighted by atomic mass is 16.4. The molecule has 0 atom stereocenters. The van der Waals surface area contributed by atoms with Crippen LogP contribution in [0.25, 0.3) is 11.5 Å². The zero-order valence-electron chi connectivity index (χ0n) is 11.8. The topological polar surface area (TPSA) is 68.0 Å². The van der Waals surface area contributed by atoms with Gasteiger partial charge in [0.25, 0.3) is 5.91 Å². The fourth-order valence-electron chi connectivity index (χ4n) is 1.86. The van der Waals surface area contributed by atoms with Crippen molar-refractivity contribution in [2.45, 2.75) is 33.1 Å². The number of aromatic nitrogens is 2. The van der Waals surface area contributed by atoms with Gasteiger partial charge in [-0.25, -0.2) is 0 Å². The average Bonchev–Trinajstić information content (AvgIpc) is 2.90. The Balaban J connectivity index is 1.95. The van der Waals surface area contributed by atoms with Crippen molar-refractivity contribution >= 4 is 5.91 Å². The van der Waals surface area contributed by atoms with Crippen LogP contribution in [0.4, 0.5) is 0 Å². The summed E-state index contributed by atoms with van der Waals surface area (Å²) in [7, 11) is 0. The average molecular weight is 273 g/mol. The van der Waals surface area contributed by atoms with Crippen LogP contribution < -0.4 is 5.32 Å². The van der Waals surface area contributed by atoms with Crippen LogP contribution in [0.3, 0.4) is 0 Å². The second-order valence-electron chi connectivity index (χ2n) is 4.67. The van der Waals surface area contributed by atoms with E-state index in [1.165, 1.54) is 0 Å². The van der Waals surface area contributed by atoms with Crippen molar-refractivity contribution < 1.29 is 9.21 Å². The molecular formula is C15H19N3O2. The fraction of sp³-hybridized carbons (Fsp3) is 0.400. The molecule has 1 heterocycles. The molecule has 0 spiro atoms. The van der Waals surface area contributed by atoms with Gasteiger partial charge >= 0.3 is 0 Å². The minimum atomic E-state index is -0.0469. The molecule has 1 aromatic heterocycles. The molecule has 1 aromatic carbocycles. The van der Waals surface area contributed by atoms with Gasteiger partial charge in [-0.1, -0.05) is 19.8 Å². The maximum atomic E-state index is 11.9. The number of hydrogen-bond donors (Lipinski definition) is 1. The van der Waals surface area contributed by atoms with Crippen molar-refractivity contribution in [3.63, 3.8) is 0 Å². The third-order valence-corrected chi connectivity index (χ3v) is 2.99. The van der Waals surface area contributed by atoms with E-state index in [4.69, 9.17) is 4.42 Å². The number of rotatable bonds is 6. The third-order valence-electron chi connectivity index (χ3n) is 2.99. The number of nitrogens with zero attached hydrogens (tertiary/aromatic N) is 2. The van der Waals surface area contributed by atoms with E-state index in [9.17, 15) is 4.79 Å². The van der Waals surface area contributed by atoms with Crippen molar-refractivity contribution in [2.75, 3.05) is 6.54 Å². The Hall–Kier alpha value is -2.17. The van der Waals surface area contributed by atoms with Gasteiger partial charge in [0.05, 0.1) is 0 Å². The molecule has 0 saturated heterocycles. The minimum absolute atomic E-state index is 0.0469. The summed E-state index contributed by atoms with van der Waals surface area (Å²) in [5, 5.41) is 10.6. The Morgan fingerprint density at radius 2 is 1.95 bits per heavy atom. The summed E-state index contributed by atoms with van der Waals surface area (Å²) in [4.78, 5) is 11.9. The fourth-order valence-corrected chi connectivity index (χ4v) is 1.86. The van der Waals surface area contributed by atoms with Gasteiger partial charge in [0.15, 0.2) is 0 Å². The highest BCUT2D eigenvalue weighted by molar-refractivity contribution is 5.94. The van der Waals surface area contributed by atoms with Crippen molar-refractivity contribution in [3.8, 4) is 11.5 Å². The maximum Gasteiger partial charge on any atom is 0.251 e. The van der Waals surface area contributed by atoms with E-state index in [2.05, 4.69) is 22.4 Å². The Bertz CT molecular complexity index is 561. The molecule has 0 unspecified atom stereocenters. The lowest BCUT2D eigenvalue weighted by Crippen LogP contribution is -2.24. The monoisotopic (exact) mass is 273 g/mol. The van der Waals surface area contributed by atoms with E-state index in [0.717, 1.165) is 31.4 Å². The number of aryl methyl sites for hydroxylation is 1. The normalized spacial score (nSPS) is 10.5. The molecule has 5 nitrogen and oxygen atoms in total. The van der Waals surface area contributed by atoms with Gasteiger partial charge in [0.1, 0.15) is 0 Å². The van der Waals surface area contributed by atoms with Gasteiger partial charge in [0, 0.05) is 24.6 Å². The summed E-state index contributed by atoms with van der Waals surface area (Å²) >= 11 is 0. The van der Waals surface area contributed by atoms with E-state index >= 15 is 0 Å². The number of amides is 1. The number of benzene rings is 1. The highest BCUT2D eigenvalue weighted by Gasteiger charge is 2.08. The van der Waals surface area contributed by atoms with Gasteiger partial charge in [-0.3, -0.25) is 4.79 Å². The van der Waals surface area contributed by atoms with Gasteiger partial charge < -0.3 is 9.73 Å². The molecule has 0 aliphatic rings. The van der Waals surface area contributed by atoms with Crippen molar-refractivity contribution in [1.29, 1.82) is 0 Å². The largest absolute Gasteiger partial charge is 0.421 e. The number of hydrogen-bond acceptors (Lipinski definition) is 4. The lowest BCUT2D eigenvalue weighted by molar-refractivity contribution is 0.0953. The summed E-state index contributed by atoms with van der Waals surface area (Å²) < 4.78 is 5.34. The second kappa shape index (κ2) is 6.84. The maximum absolute atomic E-state index is 11.9. The Morgan fingerprint density at radius 1 is 1.20 bits per heavy atom. The molecule has 1 N–H and O–H groups in total. The van der Waals surface area contributed by atoms with Crippen molar-refractivity contribution in [3.05, 3.63) is 35.7 Å². The Morgan fingerprint density at radius 3 is 2.55 bits per heavy atom. The number of unbranched alkanes of at least 4 members (excludes halogenated alkanes) is 2. The van der Waals surface area contributed by atoms with Gasteiger partial charge in [-0.05, 0) is 30.7 Å². The van der Waals surface area contributed by atoms with Crippen LogP contribution in [0.5, 0.6) is 0 Å². The molecule has 2 aromatic rings. The molecule has 0 radical (unpaired) electrons. The Labute approximate surface area is 118 Å². The lowest BCUT2D eigenvalue weighted by atomic mass is 10.1. The van der Waals surface area contributed by atoms with E-state index in [1.54, 1.807) is 19.1 Å². The molecule has 106 valence electrons. The summed E-state index contributed by atoms with van der Waals surface area (Å²) in [6.45, 7) is 4.60.